The molecule has 1 aliphatic rings. The van der Waals surface area contributed by atoms with Gasteiger partial charge in [0.25, 0.3) is 0 Å². The van der Waals surface area contributed by atoms with Gasteiger partial charge < -0.3 is 10.1 Å². The Hall–Kier alpha value is -1.36. The van der Waals surface area contributed by atoms with Gasteiger partial charge in [-0.05, 0) is 34.1 Å². The summed E-state index contributed by atoms with van der Waals surface area (Å²) in [4.78, 5) is 16.2. The van der Waals surface area contributed by atoms with Crippen LogP contribution in [0.4, 0.5) is 0 Å². The zero-order chi connectivity index (χ0) is 12.3. The topological polar surface area (TPSA) is 50.7 Å². The van der Waals surface area contributed by atoms with Crippen LogP contribution >= 0.6 is 15.9 Å². The summed E-state index contributed by atoms with van der Waals surface area (Å²) in [5.74, 6) is 1.56. The molecular weight excluding hydrogens is 284 g/mol. The third kappa shape index (κ3) is 2.85. The van der Waals surface area contributed by atoms with E-state index in [9.17, 15) is 4.79 Å². The maximum atomic E-state index is 12.0. The molecule has 17 heavy (non-hydrogen) atoms. The first kappa shape index (κ1) is 12.1. The lowest BCUT2D eigenvalue weighted by atomic mass is 10.1. The van der Waals surface area contributed by atoms with Crippen molar-refractivity contribution in [1.29, 1.82) is 0 Å². The first-order chi connectivity index (χ1) is 8.20. The van der Waals surface area contributed by atoms with E-state index >= 15 is 0 Å². The number of benzene rings is 1. The largest absolute Gasteiger partial charge is 0.496 e. The molecule has 0 aliphatic carbocycles. The number of halogens is 1. The monoisotopic (exact) mass is 296 g/mol. The number of ketones is 1. The zero-order valence-electron chi connectivity index (χ0n) is 9.50. The van der Waals surface area contributed by atoms with Crippen LogP contribution < -0.4 is 10.1 Å². The Bertz CT molecular complexity index is 472. The highest BCUT2D eigenvalue weighted by Gasteiger charge is 2.13. The highest BCUT2D eigenvalue weighted by Crippen LogP contribution is 2.26. The van der Waals surface area contributed by atoms with Crippen molar-refractivity contribution in [3.63, 3.8) is 0 Å². The number of carbonyl (C=O) groups is 1. The van der Waals surface area contributed by atoms with Crippen LogP contribution in [0.1, 0.15) is 16.8 Å². The molecule has 0 radical (unpaired) electrons. The van der Waals surface area contributed by atoms with Crippen LogP contribution in [0.3, 0.4) is 0 Å². The molecule has 0 spiro atoms. The van der Waals surface area contributed by atoms with Gasteiger partial charge in [0.15, 0.2) is 5.78 Å². The Morgan fingerprint density at radius 1 is 1.59 bits per heavy atom. The average Bonchev–Trinajstić information content (AvgIpc) is 2.81. The van der Waals surface area contributed by atoms with E-state index in [-0.39, 0.29) is 5.78 Å². The molecule has 0 saturated carbocycles. The van der Waals surface area contributed by atoms with E-state index in [0.29, 0.717) is 12.0 Å². The summed E-state index contributed by atoms with van der Waals surface area (Å²) in [6, 6.07) is 5.32. The third-order valence-corrected chi connectivity index (χ3v) is 3.17. The normalized spacial score (nSPS) is 14.1. The lowest BCUT2D eigenvalue weighted by Gasteiger charge is -2.06. The fourth-order valence-electron chi connectivity index (χ4n) is 1.66. The fraction of sp³-hybridized carbons (Fsp3) is 0.333. The summed E-state index contributed by atoms with van der Waals surface area (Å²) in [5, 5.41) is 3.09. The van der Waals surface area contributed by atoms with Crippen molar-refractivity contribution in [2.75, 3.05) is 20.2 Å². The number of methoxy groups -OCH3 is 1. The molecule has 1 heterocycles. The predicted octanol–water partition coefficient (Wildman–Crippen LogP) is 2.03. The van der Waals surface area contributed by atoms with Gasteiger partial charge in [0.05, 0.1) is 24.5 Å². The van der Waals surface area contributed by atoms with Crippen LogP contribution in [-0.4, -0.2) is 31.8 Å². The van der Waals surface area contributed by atoms with E-state index in [1.54, 1.807) is 25.3 Å². The molecule has 0 aromatic heterocycles. The first-order valence-corrected chi connectivity index (χ1v) is 6.14. The molecule has 90 valence electrons. The summed E-state index contributed by atoms with van der Waals surface area (Å²) in [7, 11) is 1.60. The first-order valence-electron chi connectivity index (χ1n) is 5.34. The van der Waals surface area contributed by atoms with Crippen molar-refractivity contribution in [2.24, 2.45) is 4.99 Å². The minimum absolute atomic E-state index is 0.0569. The Morgan fingerprint density at radius 2 is 2.41 bits per heavy atom. The Labute approximate surface area is 108 Å². The van der Waals surface area contributed by atoms with Crippen molar-refractivity contribution in [3.05, 3.63) is 28.2 Å². The number of Topliss-reactive ketones (excluding diaryl/α,β-unsaturated/α-hetero) is 1. The molecule has 0 atom stereocenters. The van der Waals surface area contributed by atoms with E-state index in [2.05, 4.69) is 26.2 Å². The number of ether oxygens (including phenoxy) is 1. The minimum Gasteiger partial charge on any atom is -0.496 e. The molecule has 5 heteroatoms. The number of hydrogen-bond donors (Lipinski definition) is 1. The van der Waals surface area contributed by atoms with Gasteiger partial charge in [-0.3, -0.25) is 9.79 Å². The van der Waals surface area contributed by atoms with E-state index in [4.69, 9.17) is 4.74 Å². The van der Waals surface area contributed by atoms with Gasteiger partial charge in [-0.2, -0.15) is 0 Å². The molecular formula is C12H13BrN2O2. The molecule has 1 N–H and O–H groups in total. The standard InChI is InChI=1S/C12H13BrN2O2/c1-17-11-3-2-8(6-9(11)13)10(16)7-12-14-4-5-15-12/h2-3,6H,4-5,7H2,1H3,(H,14,15). The number of nitrogens with zero attached hydrogens (tertiary/aromatic N) is 1. The van der Waals surface area contributed by atoms with Gasteiger partial charge >= 0.3 is 0 Å². The van der Waals surface area contributed by atoms with Crippen LogP contribution in [0.2, 0.25) is 0 Å². The summed E-state index contributed by atoms with van der Waals surface area (Å²) in [6.07, 6.45) is 0.332. The Balaban J connectivity index is 2.11. The molecule has 0 fully saturated rings. The Kier molecular flexibility index (Phi) is 3.78. The molecule has 1 aromatic carbocycles. The molecule has 0 bridgehead atoms. The number of rotatable bonds is 4. The molecule has 0 amide bonds. The van der Waals surface area contributed by atoms with Crippen molar-refractivity contribution in [3.8, 4) is 5.75 Å². The summed E-state index contributed by atoms with van der Waals surface area (Å²) < 4.78 is 5.90. The predicted molar refractivity (Wildman–Crippen MR) is 69.9 cm³/mol. The minimum atomic E-state index is 0.0569. The summed E-state index contributed by atoms with van der Waals surface area (Å²) in [5.41, 5.74) is 0.661. The number of carbonyl (C=O) groups excluding carboxylic acids is 1. The quantitative estimate of drug-likeness (QED) is 0.865. The molecule has 0 saturated heterocycles. The van der Waals surface area contributed by atoms with Crippen molar-refractivity contribution < 1.29 is 9.53 Å². The maximum Gasteiger partial charge on any atom is 0.170 e. The van der Waals surface area contributed by atoms with Crippen LogP contribution in [0, 0.1) is 0 Å². The zero-order valence-corrected chi connectivity index (χ0v) is 11.1. The van der Waals surface area contributed by atoms with E-state index in [0.717, 1.165) is 29.1 Å². The van der Waals surface area contributed by atoms with Crippen LogP contribution in [0.25, 0.3) is 0 Å². The van der Waals surface area contributed by atoms with Gasteiger partial charge in [-0.15, -0.1) is 0 Å². The summed E-state index contributed by atoms with van der Waals surface area (Å²) in [6.45, 7) is 1.59. The van der Waals surface area contributed by atoms with Crippen LogP contribution in [0.15, 0.2) is 27.7 Å². The molecule has 4 nitrogen and oxygen atoms in total. The number of amidine groups is 1. The van der Waals surface area contributed by atoms with E-state index in [1.807, 2.05) is 0 Å². The molecule has 1 aliphatic heterocycles. The lowest BCUT2D eigenvalue weighted by molar-refractivity contribution is 0.1000. The van der Waals surface area contributed by atoms with Gasteiger partial charge in [-0.1, -0.05) is 0 Å². The average molecular weight is 297 g/mol. The van der Waals surface area contributed by atoms with E-state index in [1.165, 1.54) is 0 Å². The highest BCUT2D eigenvalue weighted by atomic mass is 79.9. The van der Waals surface area contributed by atoms with Crippen LogP contribution in [0.5, 0.6) is 5.75 Å². The highest BCUT2D eigenvalue weighted by molar-refractivity contribution is 9.10. The SMILES string of the molecule is COc1ccc(C(=O)CC2=NCCN2)cc1Br. The van der Waals surface area contributed by atoms with Crippen LogP contribution in [-0.2, 0) is 0 Å². The molecule has 2 rings (SSSR count). The number of nitrogens with one attached hydrogen (secondary N) is 1. The van der Waals surface area contributed by atoms with Crippen molar-refractivity contribution >= 4 is 27.5 Å². The van der Waals surface area contributed by atoms with Gasteiger partial charge in [0.2, 0.25) is 0 Å². The van der Waals surface area contributed by atoms with Gasteiger partial charge in [0.1, 0.15) is 11.6 Å². The van der Waals surface area contributed by atoms with Crippen molar-refractivity contribution in [1.82, 2.24) is 5.32 Å². The molecule has 1 aromatic rings. The third-order valence-electron chi connectivity index (χ3n) is 2.55. The van der Waals surface area contributed by atoms with E-state index < -0.39 is 0 Å². The lowest BCUT2D eigenvalue weighted by Crippen LogP contribution is -2.21. The number of hydrogen-bond acceptors (Lipinski definition) is 4. The second-order valence-corrected chi connectivity index (χ2v) is 4.56. The second-order valence-electron chi connectivity index (χ2n) is 3.70. The van der Waals surface area contributed by atoms with Gasteiger partial charge in [0, 0.05) is 12.1 Å². The fourth-order valence-corrected chi connectivity index (χ4v) is 2.20. The van der Waals surface area contributed by atoms with Gasteiger partial charge in [-0.25, -0.2) is 0 Å². The summed E-state index contributed by atoms with van der Waals surface area (Å²) >= 11 is 3.37. The van der Waals surface area contributed by atoms with Crippen molar-refractivity contribution in [2.45, 2.75) is 6.42 Å². The Morgan fingerprint density at radius 3 is 3.00 bits per heavy atom. The smallest absolute Gasteiger partial charge is 0.170 e. The second kappa shape index (κ2) is 5.31. The number of aliphatic imine (C=N–C) groups is 1. The maximum absolute atomic E-state index is 12.0. The molecule has 0 unspecified atom stereocenters.